The van der Waals surface area contributed by atoms with Crippen LogP contribution in [0.25, 0.3) is 0 Å². The summed E-state index contributed by atoms with van der Waals surface area (Å²) in [5.74, 6) is 0.113. The molecule has 2 N–H and O–H groups in total. The van der Waals surface area contributed by atoms with E-state index in [2.05, 4.69) is 15.7 Å². The number of aromatic nitrogens is 2. The number of amides is 2. The molecule has 8 heteroatoms. The van der Waals surface area contributed by atoms with Gasteiger partial charge in [-0.3, -0.25) is 14.3 Å². The average molecular weight is 406 g/mol. The van der Waals surface area contributed by atoms with Gasteiger partial charge >= 0.3 is 0 Å². The predicted molar refractivity (Wildman–Crippen MR) is 111 cm³/mol. The second kappa shape index (κ2) is 9.71. The van der Waals surface area contributed by atoms with Gasteiger partial charge in [-0.15, -0.1) is 12.4 Å². The zero-order valence-corrected chi connectivity index (χ0v) is 17.3. The molecule has 7 nitrogen and oxygen atoms in total. The Morgan fingerprint density at radius 2 is 2.11 bits per heavy atom. The first-order valence-electron chi connectivity index (χ1n) is 9.23. The molecule has 152 valence electrons. The van der Waals surface area contributed by atoms with Gasteiger partial charge in [0.05, 0.1) is 12.1 Å². The van der Waals surface area contributed by atoms with Crippen molar-refractivity contribution in [1.82, 2.24) is 25.3 Å². The Labute approximate surface area is 171 Å². The van der Waals surface area contributed by atoms with Crippen molar-refractivity contribution in [3.63, 3.8) is 0 Å². The largest absolute Gasteiger partial charge is 0.355 e. The Kier molecular flexibility index (Phi) is 7.60. The van der Waals surface area contributed by atoms with Crippen molar-refractivity contribution in [2.24, 2.45) is 13.0 Å². The minimum absolute atomic E-state index is 0. The second-order valence-electron chi connectivity index (χ2n) is 7.26. The van der Waals surface area contributed by atoms with Crippen molar-refractivity contribution in [3.8, 4) is 0 Å². The minimum atomic E-state index is -0.0872. The van der Waals surface area contributed by atoms with E-state index in [1.165, 1.54) is 0 Å². The number of carbonyl (C=O) groups excluding carboxylic acids is 2. The summed E-state index contributed by atoms with van der Waals surface area (Å²) in [6, 6.07) is 7.57. The molecule has 3 rings (SSSR count). The lowest BCUT2D eigenvalue weighted by Crippen LogP contribution is -2.35. The van der Waals surface area contributed by atoms with Crippen LogP contribution in [-0.2, 0) is 18.3 Å². The highest BCUT2D eigenvalue weighted by Crippen LogP contribution is 2.27. The lowest BCUT2D eigenvalue weighted by Gasteiger charge is -2.17. The van der Waals surface area contributed by atoms with E-state index in [0.29, 0.717) is 25.1 Å². The summed E-state index contributed by atoms with van der Waals surface area (Å²) in [5, 5.41) is 10.6. The van der Waals surface area contributed by atoms with Gasteiger partial charge in [0.1, 0.15) is 0 Å². The number of hydrogen-bond donors (Lipinski definition) is 2. The van der Waals surface area contributed by atoms with E-state index in [1.807, 2.05) is 43.7 Å². The fourth-order valence-corrected chi connectivity index (χ4v) is 3.52. The van der Waals surface area contributed by atoms with Crippen molar-refractivity contribution >= 4 is 24.2 Å². The molecule has 2 amide bonds. The number of hydrogen-bond acceptors (Lipinski definition) is 4. The molecular weight excluding hydrogens is 378 g/mol. The molecule has 2 heterocycles. The Balaban J connectivity index is 0.00000280. The van der Waals surface area contributed by atoms with Crippen molar-refractivity contribution < 1.29 is 9.59 Å². The van der Waals surface area contributed by atoms with Gasteiger partial charge in [0.25, 0.3) is 5.91 Å². The summed E-state index contributed by atoms with van der Waals surface area (Å²) in [5.41, 5.74) is 2.80. The summed E-state index contributed by atoms with van der Waals surface area (Å²) < 4.78 is 1.77. The normalized spacial score (nSPS) is 18.4. The van der Waals surface area contributed by atoms with E-state index in [0.717, 1.165) is 17.7 Å². The number of benzene rings is 1. The standard InChI is InChI=1S/C20H27N5O2.ClH/c1-24(2)20(27)15-6-4-5-14(9-15)7-8-22-19(26)18-12-21-11-17(18)16-10-23-25(3)13-16;/h4-6,9-10,13,17-18,21H,7-8,11-12H2,1-3H3,(H,22,26);1H/t17-,18+;/m1./s1. The molecule has 1 fully saturated rings. The van der Waals surface area contributed by atoms with Crippen LogP contribution in [0.4, 0.5) is 0 Å². The van der Waals surface area contributed by atoms with Crippen LogP contribution in [0, 0.1) is 5.92 Å². The zero-order chi connectivity index (χ0) is 19.4. The maximum absolute atomic E-state index is 12.7. The molecule has 1 aromatic heterocycles. The molecule has 1 aliphatic rings. The summed E-state index contributed by atoms with van der Waals surface area (Å²) in [6.07, 6.45) is 4.51. The average Bonchev–Trinajstić information content (AvgIpc) is 3.29. The van der Waals surface area contributed by atoms with Crippen molar-refractivity contribution in [2.45, 2.75) is 12.3 Å². The maximum Gasteiger partial charge on any atom is 0.253 e. The highest BCUT2D eigenvalue weighted by molar-refractivity contribution is 5.94. The molecular formula is C20H28ClN5O2. The first kappa shape index (κ1) is 21.9. The highest BCUT2D eigenvalue weighted by atomic mass is 35.5. The highest BCUT2D eigenvalue weighted by Gasteiger charge is 2.34. The van der Waals surface area contributed by atoms with Crippen molar-refractivity contribution in [2.75, 3.05) is 33.7 Å². The number of nitrogens with one attached hydrogen (secondary N) is 2. The van der Waals surface area contributed by atoms with Gasteiger partial charge < -0.3 is 15.5 Å². The third-order valence-corrected chi connectivity index (χ3v) is 5.00. The number of carbonyl (C=O) groups is 2. The summed E-state index contributed by atoms with van der Waals surface area (Å²) in [7, 11) is 5.36. The van der Waals surface area contributed by atoms with Crippen LogP contribution in [0.2, 0.25) is 0 Å². The third kappa shape index (κ3) is 5.11. The topological polar surface area (TPSA) is 79.3 Å². The third-order valence-electron chi connectivity index (χ3n) is 5.00. The number of halogens is 1. The van der Waals surface area contributed by atoms with Crippen LogP contribution in [0.3, 0.4) is 0 Å². The van der Waals surface area contributed by atoms with E-state index in [1.54, 1.807) is 23.7 Å². The van der Waals surface area contributed by atoms with E-state index in [-0.39, 0.29) is 36.1 Å². The van der Waals surface area contributed by atoms with Gasteiger partial charge in [-0.2, -0.15) is 5.10 Å². The van der Waals surface area contributed by atoms with Crippen molar-refractivity contribution in [3.05, 3.63) is 53.3 Å². The Morgan fingerprint density at radius 1 is 1.32 bits per heavy atom. The first-order valence-corrected chi connectivity index (χ1v) is 9.23. The van der Waals surface area contributed by atoms with Crippen LogP contribution in [0.5, 0.6) is 0 Å². The molecule has 1 aromatic carbocycles. The minimum Gasteiger partial charge on any atom is -0.355 e. The number of aryl methyl sites for hydroxylation is 1. The second-order valence-corrected chi connectivity index (χ2v) is 7.26. The molecule has 1 aliphatic heterocycles. The molecule has 0 unspecified atom stereocenters. The van der Waals surface area contributed by atoms with Gasteiger partial charge in [-0.1, -0.05) is 12.1 Å². The lowest BCUT2D eigenvalue weighted by molar-refractivity contribution is -0.124. The van der Waals surface area contributed by atoms with Crippen LogP contribution in [0.15, 0.2) is 36.7 Å². The molecule has 0 saturated carbocycles. The van der Waals surface area contributed by atoms with Crippen LogP contribution in [0.1, 0.15) is 27.4 Å². The quantitative estimate of drug-likeness (QED) is 0.757. The van der Waals surface area contributed by atoms with Crippen LogP contribution < -0.4 is 10.6 Å². The van der Waals surface area contributed by atoms with Gasteiger partial charge in [-0.25, -0.2) is 0 Å². The van der Waals surface area contributed by atoms with E-state index >= 15 is 0 Å². The summed E-state index contributed by atoms with van der Waals surface area (Å²) in [4.78, 5) is 26.3. The molecule has 0 aliphatic carbocycles. The van der Waals surface area contributed by atoms with Crippen LogP contribution in [-0.4, -0.2) is 60.2 Å². The number of rotatable bonds is 6. The Bertz CT molecular complexity index is 820. The predicted octanol–water partition coefficient (Wildman–Crippen LogP) is 1.21. The SMILES string of the molecule is CN(C)C(=O)c1cccc(CCNC(=O)[C@H]2CNC[C@@H]2c2cnn(C)c2)c1.Cl. The molecule has 28 heavy (non-hydrogen) atoms. The zero-order valence-electron chi connectivity index (χ0n) is 16.5. The molecule has 2 atom stereocenters. The van der Waals surface area contributed by atoms with Gasteiger partial charge in [0.15, 0.2) is 0 Å². The molecule has 2 aromatic rings. The van der Waals surface area contributed by atoms with Crippen molar-refractivity contribution in [1.29, 1.82) is 0 Å². The van der Waals surface area contributed by atoms with Crippen LogP contribution >= 0.6 is 12.4 Å². The molecule has 0 radical (unpaired) electrons. The summed E-state index contributed by atoms with van der Waals surface area (Å²) >= 11 is 0. The fourth-order valence-electron chi connectivity index (χ4n) is 3.52. The molecule has 0 bridgehead atoms. The fraction of sp³-hybridized carbons (Fsp3) is 0.450. The van der Waals surface area contributed by atoms with E-state index in [4.69, 9.17) is 0 Å². The molecule has 0 spiro atoms. The molecule has 1 saturated heterocycles. The lowest BCUT2D eigenvalue weighted by atomic mass is 9.90. The Hall–Kier alpha value is -2.38. The number of nitrogens with zero attached hydrogens (tertiary/aromatic N) is 3. The summed E-state index contributed by atoms with van der Waals surface area (Å²) in [6.45, 7) is 2.02. The van der Waals surface area contributed by atoms with E-state index < -0.39 is 0 Å². The van der Waals surface area contributed by atoms with Gasteiger partial charge in [-0.05, 0) is 29.7 Å². The maximum atomic E-state index is 12.7. The van der Waals surface area contributed by atoms with Gasteiger partial charge in [0, 0.05) is 58.5 Å². The van der Waals surface area contributed by atoms with E-state index in [9.17, 15) is 9.59 Å². The Morgan fingerprint density at radius 3 is 2.79 bits per heavy atom. The first-order chi connectivity index (χ1) is 13.0. The monoisotopic (exact) mass is 405 g/mol. The van der Waals surface area contributed by atoms with Gasteiger partial charge in [0.2, 0.25) is 5.91 Å². The smallest absolute Gasteiger partial charge is 0.253 e.